The fourth-order valence-corrected chi connectivity index (χ4v) is 2.10. The Morgan fingerprint density at radius 3 is 2.41 bits per heavy atom. The van der Waals surface area contributed by atoms with Crippen LogP contribution in [0.1, 0.15) is 23.2 Å². The van der Waals surface area contributed by atoms with E-state index in [-0.39, 0.29) is 17.7 Å². The number of ether oxygens (including phenoxy) is 2. The molecule has 0 aliphatic heterocycles. The molecular weight excluding hydrogens is 218 g/mol. The second-order valence-electron chi connectivity index (χ2n) is 4.36. The average Bonchev–Trinajstić information content (AvgIpc) is 2.33. The van der Waals surface area contributed by atoms with Gasteiger partial charge in [-0.25, -0.2) is 0 Å². The van der Waals surface area contributed by atoms with Crippen molar-refractivity contribution in [3.8, 4) is 11.5 Å². The van der Waals surface area contributed by atoms with Crippen molar-refractivity contribution >= 4 is 5.78 Å². The molecule has 0 radical (unpaired) electrons. The van der Waals surface area contributed by atoms with E-state index in [1.54, 1.807) is 32.4 Å². The molecule has 0 aromatic heterocycles. The Bertz CT molecular complexity index is 425. The Morgan fingerprint density at radius 1 is 1.24 bits per heavy atom. The molecule has 0 heterocycles. The maximum atomic E-state index is 12.1. The van der Waals surface area contributed by atoms with E-state index >= 15 is 0 Å². The van der Waals surface area contributed by atoms with Gasteiger partial charge in [0.15, 0.2) is 17.3 Å². The van der Waals surface area contributed by atoms with Gasteiger partial charge in [-0.05, 0) is 31.0 Å². The maximum absolute atomic E-state index is 12.1. The van der Waals surface area contributed by atoms with Crippen LogP contribution in [-0.4, -0.2) is 26.0 Å². The smallest absolute Gasteiger partial charge is 0.166 e. The van der Waals surface area contributed by atoms with Gasteiger partial charge in [-0.3, -0.25) is 4.79 Å². The third-order valence-electron chi connectivity index (χ3n) is 3.21. The first-order chi connectivity index (χ1) is 8.15. The lowest BCUT2D eigenvalue weighted by molar-refractivity contribution is 0.0832. The van der Waals surface area contributed by atoms with Crippen LogP contribution in [0.15, 0.2) is 18.2 Å². The first-order valence-corrected chi connectivity index (χ1v) is 5.67. The Kier molecular flexibility index (Phi) is 3.33. The zero-order chi connectivity index (χ0) is 12.4. The third kappa shape index (κ3) is 2.26. The van der Waals surface area contributed by atoms with E-state index in [1.807, 2.05) is 0 Å². The topological polar surface area (TPSA) is 61.5 Å². The van der Waals surface area contributed by atoms with Crippen LogP contribution in [0.4, 0.5) is 0 Å². The van der Waals surface area contributed by atoms with Crippen LogP contribution < -0.4 is 15.2 Å². The minimum Gasteiger partial charge on any atom is -0.493 e. The SMILES string of the molecule is COc1ccc(C(=O)C2CC(N)C2)cc1OC. The molecule has 0 bridgehead atoms. The molecular formula is C13H17NO3. The molecule has 0 saturated heterocycles. The molecule has 1 aromatic rings. The molecule has 1 fully saturated rings. The molecule has 17 heavy (non-hydrogen) atoms. The Morgan fingerprint density at radius 2 is 1.88 bits per heavy atom. The molecule has 0 amide bonds. The van der Waals surface area contributed by atoms with Gasteiger partial charge in [-0.2, -0.15) is 0 Å². The van der Waals surface area contributed by atoms with Crippen molar-refractivity contribution in [3.05, 3.63) is 23.8 Å². The monoisotopic (exact) mass is 235 g/mol. The summed E-state index contributed by atoms with van der Waals surface area (Å²) in [7, 11) is 3.13. The highest BCUT2D eigenvalue weighted by atomic mass is 16.5. The first kappa shape index (κ1) is 11.9. The molecule has 1 aromatic carbocycles. The van der Waals surface area contributed by atoms with Crippen LogP contribution >= 0.6 is 0 Å². The second-order valence-corrected chi connectivity index (χ2v) is 4.36. The summed E-state index contributed by atoms with van der Waals surface area (Å²) in [6.07, 6.45) is 1.57. The van der Waals surface area contributed by atoms with Crippen LogP contribution in [0.2, 0.25) is 0 Å². The van der Waals surface area contributed by atoms with Crippen molar-refractivity contribution in [2.24, 2.45) is 11.7 Å². The highest BCUT2D eigenvalue weighted by Crippen LogP contribution is 2.33. The molecule has 0 spiro atoms. The van der Waals surface area contributed by atoms with Gasteiger partial charge in [-0.1, -0.05) is 0 Å². The first-order valence-electron chi connectivity index (χ1n) is 5.67. The summed E-state index contributed by atoms with van der Waals surface area (Å²) in [5, 5.41) is 0. The van der Waals surface area contributed by atoms with E-state index in [4.69, 9.17) is 15.2 Å². The number of hydrogen-bond acceptors (Lipinski definition) is 4. The quantitative estimate of drug-likeness (QED) is 0.806. The van der Waals surface area contributed by atoms with Gasteiger partial charge in [0.25, 0.3) is 0 Å². The average molecular weight is 235 g/mol. The van der Waals surface area contributed by atoms with Gasteiger partial charge in [-0.15, -0.1) is 0 Å². The minimum atomic E-state index is 0.0723. The summed E-state index contributed by atoms with van der Waals surface area (Å²) in [6.45, 7) is 0. The fraction of sp³-hybridized carbons (Fsp3) is 0.462. The highest BCUT2D eigenvalue weighted by Gasteiger charge is 2.32. The van der Waals surface area contributed by atoms with Crippen molar-refractivity contribution in [2.75, 3.05) is 14.2 Å². The predicted octanol–water partition coefficient (Wildman–Crippen LogP) is 1.62. The number of Topliss-reactive ketones (excluding diaryl/α,β-unsaturated/α-hetero) is 1. The van der Waals surface area contributed by atoms with Crippen molar-refractivity contribution in [2.45, 2.75) is 18.9 Å². The van der Waals surface area contributed by atoms with Crippen LogP contribution in [-0.2, 0) is 0 Å². The summed E-state index contributed by atoms with van der Waals surface area (Å²) < 4.78 is 10.3. The van der Waals surface area contributed by atoms with E-state index < -0.39 is 0 Å². The van der Waals surface area contributed by atoms with Crippen molar-refractivity contribution in [1.82, 2.24) is 0 Å². The fourth-order valence-electron chi connectivity index (χ4n) is 2.10. The summed E-state index contributed by atoms with van der Waals surface area (Å²) in [5.41, 5.74) is 6.36. The largest absolute Gasteiger partial charge is 0.493 e. The van der Waals surface area contributed by atoms with Gasteiger partial charge in [0.1, 0.15) is 0 Å². The molecule has 1 aliphatic rings. The molecule has 0 atom stereocenters. The van der Waals surface area contributed by atoms with E-state index in [0.29, 0.717) is 17.1 Å². The summed E-state index contributed by atoms with van der Waals surface area (Å²) in [4.78, 5) is 12.1. The number of benzene rings is 1. The van der Waals surface area contributed by atoms with E-state index in [2.05, 4.69) is 0 Å². The number of nitrogens with two attached hydrogens (primary N) is 1. The van der Waals surface area contributed by atoms with Crippen molar-refractivity contribution in [1.29, 1.82) is 0 Å². The van der Waals surface area contributed by atoms with Crippen LogP contribution in [0.5, 0.6) is 11.5 Å². The molecule has 4 heteroatoms. The number of rotatable bonds is 4. The van der Waals surface area contributed by atoms with E-state index in [9.17, 15) is 4.79 Å². The second kappa shape index (κ2) is 4.75. The van der Waals surface area contributed by atoms with Crippen molar-refractivity contribution in [3.63, 3.8) is 0 Å². The lowest BCUT2D eigenvalue weighted by Gasteiger charge is -2.31. The van der Waals surface area contributed by atoms with Gasteiger partial charge >= 0.3 is 0 Å². The van der Waals surface area contributed by atoms with Crippen molar-refractivity contribution < 1.29 is 14.3 Å². The molecule has 1 saturated carbocycles. The molecule has 2 N–H and O–H groups in total. The number of carbonyl (C=O) groups excluding carboxylic acids is 1. The van der Waals surface area contributed by atoms with Gasteiger partial charge in [0.05, 0.1) is 14.2 Å². The predicted molar refractivity (Wildman–Crippen MR) is 64.6 cm³/mol. The lowest BCUT2D eigenvalue weighted by atomic mass is 9.76. The van der Waals surface area contributed by atoms with Crippen LogP contribution in [0, 0.1) is 5.92 Å². The zero-order valence-corrected chi connectivity index (χ0v) is 10.1. The maximum Gasteiger partial charge on any atom is 0.166 e. The molecule has 1 aliphatic carbocycles. The summed E-state index contributed by atoms with van der Waals surface area (Å²) >= 11 is 0. The third-order valence-corrected chi connectivity index (χ3v) is 3.21. The minimum absolute atomic E-state index is 0.0723. The number of hydrogen-bond donors (Lipinski definition) is 1. The molecule has 0 unspecified atom stereocenters. The molecule has 92 valence electrons. The Hall–Kier alpha value is -1.55. The standard InChI is InChI=1S/C13H17NO3/c1-16-11-4-3-8(7-12(11)17-2)13(15)9-5-10(14)6-9/h3-4,7,9-10H,5-6,14H2,1-2H3. The van der Waals surface area contributed by atoms with Gasteiger partial charge < -0.3 is 15.2 Å². The Balaban J connectivity index is 2.18. The summed E-state index contributed by atoms with van der Waals surface area (Å²) in [5.74, 6) is 1.44. The molecule has 4 nitrogen and oxygen atoms in total. The van der Waals surface area contributed by atoms with E-state index in [1.165, 1.54) is 0 Å². The highest BCUT2D eigenvalue weighted by molar-refractivity contribution is 5.99. The summed E-state index contributed by atoms with van der Waals surface area (Å²) in [6, 6.07) is 5.44. The normalized spacial score (nSPS) is 22.8. The number of methoxy groups -OCH3 is 2. The number of carbonyl (C=O) groups is 1. The zero-order valence-electron chi connectivity index (χ0n) is 10.1. The van der Waals surface area contributed by atoms with E-state index in [0.717, 1.165) is 12.8 Å². The lowest BCUT2D eigenvalue weighted by Crippen LogP contribution is -2.40. The number of ketones is 1. The van der Waals surface area contributed by atoms with Crippen LogP contribution in [0.3, 0.4) is 0 Å². The van der Waals surface area contributed by atoms with Crippen LogP contribution in [0.25, 0.3) is 0 Å². The van der Waals surface area contributed by atoms with Gasteiger partial charge in [0, 0.05) is 17.5 Å². The molecule has 2 rings (SSSR count). The van der Waals surface area contributed by atoms with Gasteiger partial charge in [0.2, 0.25) is 0 Å². The Labute approximate surface area is 101 Å².